The van der Waals surface area contributed by atoms with Gasteiger partial charge in [0.2, 0.25) is 0 Å². The molecule has 3 rings (SSSR count). The summed E-state index contributed by atoms with van der Waals surface area (Å²) in [6.45, 7) is 2.19. The van der Waals surface area contributed by atoms with Gasteiger partial charge in [0.15, 0.2) is 0 Å². The molecule has 18 heavy (non-hydrogen) atoms. The zero-order chi connectivity index (χ0) is 12.5. The molecule has 1 aliphatic rings. The summed E-state index contributed by atoms with van der Waals surface area (Å²) < 4.78 is 13.2. The zero-order valence-corrected chi connectivity index (χ0v) is 11.1. The van der Waals surface area contributed by atoms with E-state index in [1.807, 2.05) is 6.07 Å². The van der Waals surface area contributed by atoms with Gasteiger partial charge in [-0.15, -0.1) is 11.3 Å². The van der Waals surface area contributed by atoms with Crippen molar-refractivity contribution in [2.75, 3.05) is 0 Å². The van der Waals surface area contributed by atoms with Crippen LogP contribution < -0.4 is 5.32 Å². The maximum Gasteiger partial charge on any atom is 0.123 e. The molecule has 2 aromatic rings. The molecule has 0 radical (unpaired) electrons. The van der Waals surface area contributed by atoms with Crippen LogP contribution in [0.2, 0.25) is 0 Å². The van der Waals surface area contributed by atoms with E-state index in [1.165, 1.54) is 10.4 Å². The van der Waals surface area contributed by atoms with Crippen LogP contribution in [0.4, 0.5) is 4.39 Å². The van der Waals surface area contributed by atoms with Crippen molar-refractivity contribution in [1.82, 2.24) is 5.32 Å². The van der Waals surface area contributed by atoms with Crippen LogP contribution >= 0.6 is 11.3 Å². The summed E-state index contributed by atoms with van der Waals surface area (Å²) in [6.07, 6.45) is 2.04. The SMILES string of the molecule is C[C@H](NC1CCc2cc(F)ccc21)c1cccs1. The Bertz CT molecular complexity index is 535. The van der Waals surface area contributed by atoms with E-state index >= 15 is 0 Å². The van der Waals surface area contributed by atoms with Crippen molar-refractivity contribution in [1.29, 1.82) is 0 Å². The number of aryl methyl sites for hydroxylation is 1. The number of thiophene rings is 1. The van der Waals surface area contributed by atoms with E-state index in [2.05, 4.69) is 29.8 Å². The van der Waals surface area contributed by atoms with Gasteiger partial charge < -0.3 is 5.32 Å². The largest absolute Gasteiger partial charge is 0.303 e. The molecule has 1 N–H and O–H groups in total. The molecule has 1 heterocycles. The molecule has 0 aliphatic heterocycles. The number of nitrogens with one attached hydrogen (secondary N) is 1. The summed E-state index contributed by atoms with van der Waals surface area (Å²) in [5.41, 5.74) is 2.42. The van der Waals surface area contributed by atoms with Crippen molar-refractivity contribution in [3.8, 4) is 0 Å². The minimum Gasteiger partial charge on any atom is -0.303 e. The maximum absolute atomic E-state index is 13.2. The average Bonchev–Trinajstić information content (AvgIpc) is 2.98. The lowest BCUT2D eigenvalue weighted by molar-refractivity contribution is 0.469. The molecule has 3 heteroatoms. The number of hydrogen-bond donors (Lipinski definition) is 1. The van der Waals surface area contributed by atoms with Crippen LogP contribution in [-0.4, -0.2) is 0 Å². The van der Waals surface area contributed by atoms with Gasteiger partial charge in [-0.2, -0.15) is 0 Å². The van der Waals surface area contributed by atoms with Crippen LogP contribution in [-0.2, 0) is 6.42 Å². The summed E-state index contributed by atoms with van der Waals surface area (Å²) in [6, 6.07) is 10.1. The molecule has 94 valence electrons. The first-order valence-corrected chi connectivity index (χ1v) is 7.20. The summed E-state index contributed by atoms with van der Waals surface area (Å²) >= 11 is 1.78. The molecule has 0 amide bonds. The molecule has 0 bridgehead atoms. The third-order valence-electron chi connectivity index (χ3n) is 3.60. The summed E-state index contributed by atoms with van der Waals surface area (Å²) in [7, 11) is 0. The van der Waals surface area contributed by atoms with Gasteiger partial charge >= 0.3 is 0 Å². The van der Waals surface area contributed by atoms with E-state index in [0.717, 1.165) is 18.4 Å². The van der Waals surface area contributed by atoms with Crippen molar-refractivity contribution < 1.29 is 4.39 Å². The Balaban J connectivity index is 1.77. The molecule has 1 nitrogen and oxygen atoms in total. The highest BCUT2D eigenvalue weighted by Gasteiger charge is 2.24. The molecular formula is C15H16FNS. The fraction of sp³-hybridized carbons (Fsp3) is 0.333. The van der Waals surface area contributed by atoms with Crippen LogP contribution in [0, 0.1) is 5.82 Å². The van der Waals surface area contributed by atoms with Crippen LogP contribution in [0.5, 0.6) is 0 Å². The molecule has 1 unspecified atom stereocenters. The Morgan fingerprint density at radius 1 is 1.39 bits per heavy atom. The van der Waals surface area contributed by atoms with Gasteiger partial charge in [-0.05, 0) is 54.5 Å². The number of benzene rings is 1. The molecule has 2 atom stereocenters. The number of hydrogen-bond acceptors (Lipinski definition) is 2. The lowest BCUT2D eigenvalue weighted by Gasteiger charge is -2.19. The Morgan fingerprint density at radius 3 is 3.06 bits per heavy atom. The van der Waals surface area contributed by atoms with E-state index in [4.69, 9.17) is 0 Å². The van der Waals surface area contributed by atoms with Gasteiger partial charge in [-0.25, -0.2) is 4.39 Å². The van der Waals surface area contributed by atoms with Crippen molar-refractivity contribution in [2.45, 2.75) is 31.8 Å². The first-order valence-electron chi connectivity index (χ1n) is 6.32. The number of rotatable bonds is 3. The standard InChI is InChI=1S/C15H16FNS/c1-10(15-3-2-8-18-15)17-14-7-4-11-9-12(16)5-6-13(11)14/h2-3,5-6,8-10,14,17H,4,7H2,1H3/t10-,14?/m0/s1. The van der Waals surface area contributed by atoms with Crippen LogP contribution in [0.3, 0.4) is 0 Å². The highest BCUT2D eigenvalue weighted by Crippen LogP contribution is 2.33. The fourth-order valence-corrected chi connectivity index (χ4v) is 3.42. The van der Waals surface area contributed by atoms with Gasteiger partial charge in [0.1, 0.15) is 5.82 Å². The van der Waals surface area contributed by atoms with Crippen molar-refractivity contribution in [2.24, 2.45) is 0 Å². The van der Waals surface area contributed by atoms with Gasteiger partial charge in [0.25, 0.3) is 0 Å². The smallest absolute Gasteiger partial charge is 0.123 e. The Hall–Kier alpha value is -1.19. The highest BCUT2D eigenvalue weighted by atomic mass is 32.1. The summed E-state index contributed by atoms with van der Waals surface area (Å²) in [5, 5.41) is 5.75. The van der Waals surface area contributed by atoms with E-state index in [-0.39, 0.29) is 5.82 Å². The van der Waals surface area contributed by atoms with E-state index in [1.54, 1.807) is 23.5 Å². The van der Waals surface area contributed by atoms with Crippen molar-refractivity contribution in [3.63, 3.8) is 0 Å². The van der Waals surface area contributed by atoms with Crippen LogP contribution in [0.25, 0.3) is 0 Å². The zero-order valence-electron chi connectivity index (χ0n) is 10.3. The molecule has 0 saturated heterocycles. The van der Waals surface area contributed by atoms with E-state index < -0.39 is 0 Å². The lowest BCUT2D eigenvalue weighted by Crippen LogP contribution is -2.22. The minimum atomic E-state index is -0.124. The number of halogens is 1. The average molecular weight is 261 g/mol. The fourth-order valence-electron chi connectivity index (χ4n) is 2.68. The second-order valence-corrected chi connectivity index (χ2v) is 5.82. The van der Waals surface area contributed by atoms with Gasteiger partial charge in [-0.3, -0.25) is 0 Å². The van der Waals surface area contributed by atoms with Crippen molar-refractivity contribution >= 4 is 11.3 Å². The topological polar surface area (TPSA) is 12.0 Å². The predicted octanol–water partition coefficient (Wildman–Crippen LogP) is 4.23. The molecular weight excluding hydrogens is 245 g/mol. The molecule has 0 fully saturated rings. The lowest BCUT2D eigenvalue weighted by atomic mass is 10.1. The van der Waals surface area contributed by atoms with E-state index in [0.29, 0.717) is 12.1 Å². The molecule has 1 aromatic heterocycles. The first-order chi connectivity index (χ1) is 8.74. The van der Waals surface area contributed by atoms with Gasteiger partial charge in [-0.1, -0.05) is 12.1 Å². The van der Waals surface area contributed by atoms with E-state index in [9.17, 15) is 4.39 Å². The quantitative estimate of drug-likeness (QED) is 0.872. The van der Waals surface area contributed by atoms with Crippen LogP contribution in [0.1, 0.15) is 41.4 Å². The molecule has 0 saturated carbocycles. The second kappa shape index (κ2) is 4.82. The Kier molecular flexibility index (Phi) is 3.18. The third kappa shape index (κ3) is 2.20. The Morgan fingerprint density at radius 2 is 2.28 bits per heavy atom. The molecule has 1 aromatic carbocycles. The maximum atomic E-state index is 13.2. The highest BCUT2D eigenvalue weighted by molar-refractivity contribution is 7.10. The molecule has 1 aliphatic carbocycles. The Labute approximate surface area is 111 Å². The summed E-state index contributed by atoms with van der Waals surface area (Å²) in [5.74, 6) is -0.124. The van der Waals surface area contributed by atoms with Crippen molar-refractivity contribution in [3.05, 3.63) is 57.5 Å². The first kappa shape index (κ1) is 11.9. The monoisotopic (exact) mass is 261 g/mol. The van der Waals surface area contributed by atoms with Gasteiger partial charge in [0, 0.05) is 17.0 Å². The second-order valence-electron chi connectivity index (χ2n) is 4.84. The van der Waals surface area contributed by atoms with Gasteiger partial charge in [0.05, 0.1) is 0 Å². The summed E-state index contributed by atoms with van der Waals surface area (Å²) in [4.78, 5) is 1.35. The van der Waals surface area contributed by atoms with Crippen LogP contribution in [0.15, 0.2) is 35.7 Å². The predicted molar refractivity (Wildman–Crippen MR) is 73.3 cm³/mol. The number of fused-ring (bicyclic) bond motifs is 1. The molecule has 0 spiro atoms. The third-order valence-corrected chi connectivity index (χ3v) is 4.66. The minimum absolute atomic E-state index is 0.124. The normalized spacial score (nSPS) is 19.8.